The number of aliphatic carboxylic acids is 2. The van der Waals surface area contributed by atoms with Crippen molar-refractivity contribution in [1.82, 2.24) is 0 Å². The van der Waals surface area contributed by atoms with Gasteiger partial charge in [-0.2, -0.15) is 0 Å². The van der Waals surface area contributed by atoms with Crippen LogP contribution >= 0.6 is 0 Å². The van der Waals surface area contributed by atoms with Crippen LogP contribution in [0.1, 0.15) is 30.1 Å². The molecule has 0 aromatic heterocycles. The Hall–Kier alpha value is -1.88. The smallest absolute Gasteiger partial charge is 0.118 e. The van der Waals surface area contributed by atoms with Gasteiger partial charge in [0.05, 0.1) is 5.97 Å². The summed E-state index contributed by atoms with van der Waals surface area (Å²) in [6.45, 7) is 1.42. The number of carboxylic acid groups (broad SMARTS) is 2. The lowest BCUT2D eigenvalue weighted by Gasteiger charge is -2.16. The number of hydrogen-bond donors (Lipinski definition) is 1. The molecule has 5 heteroatoms. The number of aliphatic hydroxyl groups is 1. The minimum Gasteiger partial charge on any atom is -0.550 e. The minimum absolute atomic E-state index is 0.0885. The van der Waals surface area contributed by atoms with Gasteiger partial charge in [-0.15, -0.1) is 0 Å². The number of rotatable bonds is 4. The maximum Gasteiger partial charge on any atom is 0.118 e. The van der Waals surface area contributed by atoms with Crippen LogP contribution in [-0.4, -0.2) is 17.0 Å². The van der Waals surface area contributed by atoms with E-state index in [4.69, 9.17) is 0 Å². The van der Waals surface area contributed by atoms with E-state index in [1.54, 1.807) is 0 Å². The molecule has 1 rings (SSSR count). The van der Waals surface area contributed by atoms with Crippen molar-refractivity contribution in [1.29, 1.82) is 0 Å². The topological polar surface area (TPSA) is 100 Å². The van der Waals surface area contributed by atoms with Gasteiger partial charge in [0.25, 0.3) is 0 Å². The van der Waals surface area contributed by atoms with Gasteiger partial charge in [-0.1, -0.05) is 31.2 Å². The van der Waals surface area contributed by atoms with Gasteiger partial charge >= 0.3 is 0 Å². The highest BCUT2D eigenvalue weighted by molar-refractivity contribution is 5.75. The van der Waals surface area contributed by atoms with Crippen LogP contribution in [0.5, 0.6) is 0 Å². The van der Waals surface area contributed by atoms with Gasteiger partial charge in [-0.05, 0) is 11.1 Å². The fraction of sp³-hybridized carbons (Fsp3) is 0.273. The molecule has 86 valence electrons. The van der Waals surface area contributed by atoms with E-state index in [1.165, 1.54) is 31.2 Å². The molecule has 0 saturated heterocycles. The summed E-state index contributed by atoms with van der Waals surface area (Å²) in [5.41, 5.74) is 0.461. The molecule has 0 spiro atoms. The first kappa shape index (κ1) is 12.2. The van der Waals surface area contributed by atoms with Crippen LogP contribution in [-0.2, 0) is 9.59 Å². The van der Waals surface area contributed by atoms with E-state index in [9.17, 15) is 24.9 Å². The molecule has 0 fully saturated rings. The van der Waals surface area contributed by atoms with Crippen LogP contribution in [0.25, 0.3) is 0 Å². The van der Waals surface area contributed by atoms with Crippen LogP contribution in [0.4, 0.5) is 0 Å². The molecule has 1 aromatic rings. The van der Waals surface area contributed by atoms with Crippen LogP contribution in [0.3, 0.4) is 0 Å². The lowest BCUT2D eigenvalue weighted by molar-refractivity contribution is -0.315. The molecule has 0 amide bonds. The molecule has 0 heterocycles. The summed E-state index contributed by atoms with van der Waals surface area (Å²) in [7, 11) is 0. The number of benzene rings is 1. The third-order valence-corrected chi connectivity index (χ3v) is 2.30. The van der Waals surface area contributed by atoms with Crippen LogP contribution < -0.4 is 10.2 Å². The van der Waals surface area contributed by atoms with Crippen molar-refractivity contribution in [3.05, 3.63) is 35.4 Å². The number of aliphatic hydroxyl groups excluding tert-OH is 1. The van der Waals surface area contributed by atoms with Crippen LogP contribution in [0.15, 0.2) is 24.3 Å². The van der Waals surface area contributed by atoms with Gasteiger partial charge in [-0.3, -0.25) is 0 Å². The van der Waals surface area contributed by atoms with Gasteiger partial charge in [-0.25, -0.2) is 0 Å². The zero-order valence-corrected chi connectivity index (χ0v) is 8.54. The van der Waals surface area contributed by atoms with E-state index >= 15 is 0 Å². The van der Waals surface area contributed by atoms with E-state index in [-0.39, 0.29) is 5.56 Å². The average molecular weight is 222 g/mol. The van der Waals surface area contributed by atoms with Gasteiger partial charge in [0.1, 0.15) is 6.10 Å². The summed E-state index contributed by atoms with van der Waals surface area (Å²) in [6, 6.07) is 5.68. The van der Waals surface area contributed by atoms with E-state index in [0.29, 0.717) is 5.56 Å². The zero-order valence-electron chi connectivity index (χ0n) is 8.54. The Morgan fingerprint density at radius 1 is 1.19 bits per heavy atom. The first-order valence-corrected chi connectivity index (χ1v) is 4.63. The first-order valence-electron chi connectivity index (χ1n) is 4.63. The second-order valence-corrected chi connectivity index (χ2v) is 3.43. The van der Waals surface area contributed by atoms with Crippen molar-refractivity contribution in [2.24, 2.45) is 0 Å². The van der Waals surface area contributed by atoms with Crippen LogP contribution in [0, 0.1) is 0 Å². The Bertz CT molecular complexity index is 377. The molecule has 0 aliphatic rings. The summed E-state index contributed by atoms with van der Waals surface area (Å²) >= 11 is 0. The predicted molar refractivity (Wildman–Crippen MR) is 49.8 cm³/mol. The summed E-state index contributed by atoms with van der Waals surface area (Å²) < 4.78 is 0. The Labute approximate surface area is 92.0 Å². The summed E-state index contributed by atoms with van der Waals surface area (Å²) in [4.78, 5) is 21.0. The highest BCUT2D eigenvalue weighted by Gasteiger charge is 2.11. The van der Waals surface area contributed by atoms with Crippen LogP contribution in [0.2, 0.25) is 0 Å². The van der Waals surface area contributed by atoms with Crippen molar-refractivity contribution in [2.45, 2.75) is 18.9 Å². The highest BCUT2D eigenvalue weighted by atomic mass is 16.4. The molecule has 1 aromatic carbocycles. The van der Waals surface area contributed by atoms with Crippen molar-refractivity contribution in [2.75, 3.05) is 0 Å². The molecule has 0 aliphatic carbocycles. The van der Waals surface area contributed by atoms with Gasteiger partial charge < -0.3 is 24.9 Å². The molecule has 0 radical (unpaired) electrons. The largest absolute Gasteiger partial charge is 0.550 e. The number of carboxylic acids is 2. The maximum atomic E-state index is 10.6. The van der Waals surface area contributed by atoms with Gasteiger partial charge in [0, 0.05) is 11.9 Å². The lowest BCUT2D eigenvalue weighted by atomic mass is 9.97. The molecule has 0 saturated carbocycles. The zero-order chi connectivity index (χ0) is 12.3. The lowest BCUT2D eigenvalue weighted by Crippen LogP contribution is -2.30. The van der Waals surface area contributed by atoms with Crippen molar-refractivity contribution >= 4 is 11.9 Å². The Balaban J connectivity index is 3.04. The summed E-state index contributed by atoms with van der Waals surface area (Å²) in [5, 5.41) is 30.3. The van der Waals surface area contributed by atoms with Crippen molar-refractivity contribution in [3.8, 4) is 0 Å². The predicted octanol–water partition coefficient (Wildman–Crippen LogP) is -1.68. The second kappa shape index (κ2) is 4.76. The van der Waals surface area contributed by atoms with E-state index in [0.717, 1.165) is 0 Å². The quantitative estimate of drug-likeness (QED) is 0.656. The van der Waals surface area contributed by atoms with E-state index in [2.05, 4.69) is 0 Å². The molecule has 0 bridgehead atoms. The average Bonchev–Trinajstić information content (AvgIpc) is 2.26. The number of carbonyl (C=O) groups is 2. The van der Waals surface area contributed by atoms with Crippen molar-refractivity contribution in [3.63, 3.8) is 0 Å². The van der Waals surface area contributed by atoms with E-state index in [1.807, 2.05) is 0 Å². The van der Waals surface area contributed by atoms with Crippen molar-refractivity contribution < 1.29 is 24.9 Å². The normalized spacial score (nSPS) is 14.1. The van der Waals surface area contributed by atoms with E-state index < -0.39 is 24.0 Å². The fourth-order valence-corrected chi connectivity index (χ4v) is 1.27. The Morgan fingerprint density at radius 3 is 2.25 bits per heavy atom. The fourth-order valence-electron chi connectivity index (χ4n) is 1.27. The second-order valence-electron chi connectivity index (χ2n) is 3.43. The molecule has 0 aliphatic heterocycles. The summed E-state index contributed by atoms with van der Waals surface area (Å²) in [6.07, 6.45) is -1.76. The molecule has 16 heavy (non-hydrogen) atoms. The Kier molecular flexibility index (Phi) is 3.63. The molecule has 2 unspecified atom stereocenters. The third-order valence-electron chi connectivity index (χ3n) is 2.30. The molecule has 2 atom stereocenters. The first-order chi connectivity index (χ1) is 7.43. The molecular weight excluding hydrogens is 212 g/mol. The number of hydrogen-bond acceptors (Lipinski definition) is 5. The minimum atomic E-state index is -1.76. The standard InChI is InChI=1S/C11H12O5/c1-6(10(13)14)7-3-2-4-8(5-7)9(12)11(15)16/h2-6,9,12H,1H3,(H,13,14)(H,15,16)/p-2. The SMILES string of the molecule is CC(C(=O)[O-])c1cccc(C(O)C(=O)[O-])c1. The maximum absolute atomic E-state index is 10.6. The van der Waals surface area contributed by atoms with Gasteiger partial charge in [0.15, 0.2) is 0 Å². The highest BCUT2D eigenvalue weighted by Crippen LogP contribution is 2.19. The number of carbonyl (C=O) groups excluding carboxylic acids is 2. The molecule has 5 nitrogen and oxygen atoms in total. The Morgan fingerprint density at radius 2 is 1.75 bits per heavy atom. The monoisotopic (exact) mass is 222 g/mol. The third kappa shape index (κ3) is 2.58. The molecule has 1 N–H and O–H groups in total. The van der Waals surface area contributed by atoms with Gasteiger partial charge in [0.2, 0.25) is 0 Å². The summed E-state index contributed by atoms with van der Waals surface area (Å²) in [5.74, 6) is -3.76. The molecular formula is C11H10O5-2.